The van der Waals surface area contributed by atoms with Crippen LogP contribution in [0, 0.1) is 0 Å². The molecule has 162 valence electrons. The number of aryl methyl sites for hydroxylation is 1. The van der Waals surface area contributed by atoms with Crippen LogP contribution in [0.4, 0.5) is 10.6 Å². The molecule has 31 heavy (non-hydrogen) atoms. The van der Waals surface area contributed by atoms with Crippen LogP contribution in [0.5, 0.6) is 0 Å². The first-order valence-corrected chi connectivity index (χ1v) is 9.70. The quantitative estimate of drug-likeness (QED) is 0.476. The molecule has 1 N–H and O–H groups in total. The van der Waals surface area contributed by atoms with Crippen LogP contribution in [0.3, 0.4) is 0 Å². The average molecular weight is 423 g/mol. The van der Waals surface area contributed by atoms with Gasteiger partial charge in [0.05, 0.1) is 5.69 Å². The van der Waals surface area contributed by atoms with Crippen molar-refractivity contribution >= 4 is 17.6 Å². The minimum absolute atomic E-state index is 0.317. The van der Waals surface area contributed by atoms with E-state index in [1.807, 2.05) is 30.3 Å². The minimum atomic E-state index is -1.08. The summed E-state index contributed by atoms with van der Waals surface area (Å²) in [6, 6.07) is 14.6. The molecule has 1 aromatic carbocycles. The monoisotopic (exact) mass is 423 g/mol. The molecule has 0 aliphatic carbocycles. The first-order chi connectivity index (χ1) is 14.7. The lowest BCUT2D eigenvalue weighted by atomic mass is 10.1. The van der Waals surface area contributed by atoms with Crippen molar-refractivity contribution in [3.63, 3.8) is 0 Å². The predicted molar refractivity (Wildman–Crippen MR) is 115 cm³/mol. The molecule has 10 nitrogen and oxygen atoms in total. The Kier molecular flexibility index (Phi) is 6.28. The number of oxime groups is 1. The van der Waals surface area contributed by atoms with Crippen molar-refractivity contribution in [2.24, 2.45) is 12.2 Å². The second-order valence-electron chi connectivity index (χ2n) is 7.89. The number of carbonyl (C=O) groups is 1. The molecule has 3 aromatic rings. The van der Waals surface area contributed by atoms with E-state index in [9.17, 15) is 9.90 Å². The lowest BCUT2D eigenvalue weighted by Gasteiger charge is -2.32. The number of anilines is 1. The summed E-state index contributed by atoms with van der Waals surface area (Å²) in [5, 5.41) is 25.5. The summed E-state index contributed by atoms with van der Waals surface area (Å²) in [4.78, 5) is 23.2. The molecule has 0 radical (unpaired) electrons. The number of benzene rings is 1. The van der Waals surface area contributed by atoms with E-state index < -0.39 is 17.7 Å². The molecule has 0 aliphatic rings. The Morgan fingerprint density at radius 3 is 2.45 bits per heavy atom. The molecule has 0 aliphatic heterocycles. The number of hydrogen-bond donors (Lipinski definition) is 1. The molecule has 3 rings (SSSR count). The van der Waals surface area contributed by atoms with E-state index in [1.165, 1.54) is 9.58 Å². The summed E-state index contributed by atoms with van der Waals surface area (Å²) < 4.78 is 1.51. The lowest BCUT2D eigenvalue weighted by Crippen LogP contribution is -2.45. The molecule has 1 amide bonds. The molecule has 1 unspecified atom stereocenters. The van der Waals surface area contributed by atoms with Crippen molar-refractivity contribution in [1.29, 1.82) is 0 Å². The van der Waals surface area contributed by atoms with E-state index in [-0.39, 0.29) is 0 Å². The maximum absolute atomic E-state index is 11.8. The van der Waals surface area contributed by atoms with Gasteiger partial charge < -0.3 is 9.94 Å². The van der Waals surface area contributed by atoms with E-state index >= 15 is 0 Å². The highest BCUT2D eigenvalue weighted by Crippen LogP contribution is 2.25. The Balaban J connectivity index is 1.91. The van der Waals surface area contributed by atoms with E-state index in [4.69, 9.17) is 4.84 Å². The van der Waals surface area contributed by atoms with Crippen LogP contribution in [0.2, 0.25) is 0 Å². The third-order valence-electron chi connectivity index (χ3n) is 4.44. The van der Waals surface area contributed by atoms with Gasteiger partial charge in [0.2, 0.25) is 5.82 Å². The van der Waals surface area contributed by atoms with Gasteiger partial charge in [0, 0.05) is 18.2 Å². The zero-order chi connectivity index (χ0) is 22.6. The van der Waals surface area contributed by atoms with Gasteiger partial charge in [-0.2, -0.15) is 0 Å². The van der Waals surface area contributed by atoms with Gasteiger partial charge in [-0.15, -0.1) is 5.10 Å². The first kappa shape index (κ1) is 21.9. The van der Waals surface area contributed by atoms with Crippen molar-refractivity contribution in [1.82, 2.24) is 25.2 Å². The fourth-order valence-electron chi connectivity index (χ4n) is 2.95. The number of rotatable bonds is 6. The van der Waals surface area contributed by atoms with Gasteiger partial charge in [-0.05, 0) is 50.3 Å². The van der Waals surface area contributed by atoms with Gasteiger partial charge in [0.15, 0.2) is 11.8 Å². The van der Waals surface area contributed by atoms with Crippen LogP contribution in [0.25, 0.3) is 0 Å². The van der Waals surface area contributed by atoms with Crippen LogP contribution >= 0.6 is 0 Å². The largest absolute Gasteiger partial charge is 0.465 e. The summed E-state index contributed by atoms with van der Waals surface area (Å²) in [6.45, 7) is 7.21. The molecule has 2 aromatic heterocycles. The number of amides is 1. The Morgan fingerprint density at radius 1 is 1.16 bits per heavy atom. The first-order valence-electron chi connectivity index (χ1n) is 9.70. The average Bonchev–Trinajstić information content (AvgIpc) is 3.13. The number of hydrogen-bond acceptors (Lipinski definition) is 7. The van der Waals surface area contributed by atoms with Gasteiger partial charge in [-0.3, -0.25) is 4.90 Å². The van der Waals surface area contributed by atoms with Crippen molar-refractivity contribution in [3.05, 3.63) is 65.6 Å². The Morgan fingerprint density at radius 2 is 1.87 bits per heavy atom. The summed E-state index contributed by atoms with van der Waals surface area (Å²) in [7, 11) is 1.72. The van der Waals surface area contributed by atoms with Gasteiger partial charge in [-0.1, -0.05) is 41.6 Å². The molecule has 2 heterocycles. The van der Waals surface area contributed by atoms with E-state index in [1.54, 1.807) is 52.9 Å². The Hall–Kier alpha value is -3.82. The zero-order valence-corrected chi connectivity index (χ0v) is 18.1. The third kappa shape index (κ3) is 5.03. The fourth-order valence-corrected chi connectivity index (χ4v) is 2.95. The van der Waals surface area contributed by atoms with Gasteiger partial charge >= 0.3 is 6.09 Å². The van der Waals surface area contributed by atoms with E-state index in [0.717, 1.165) is 5.56 Å². The topological polar surface area (TPSA) is 119 Å². The van der Waals surface area contributed by atoms with Gasteiger partial charge in [0.1, 0.15) is 5.82 Å². The van der Waals surface area contributed by atoms with Crippen LogP contribution in [-0.2, 0) is 11.9 Å². The molecule has 0 fully saturated rings. The number of tetrazole rings is 1. The maximum Gasteiger partial charge on any atom is 0.413 e. The molecular weight excluding hydrogens is 398 g/mol. The summed E-state index contributed by atoms with van der Waals surface area (Å²) >= 11 is 0. The highest BCUT2D eigenvalue weighted by molar-refractivity contribution is 6.10. The highest BCUT2D eigenvalue weighted by Gasteiger charge is 2.29. The van der Waals surface area contributed by atoms with Crippen LogP contribution < -0.4 is 4.90 Å². The van der Waals surface area contributed by atoms with Crippen LogP contribution in [-0.4, -0.2) is 47.6 Å². The van der Waals surface area contributed by atoms with Crippen molar-refractivity contribution in [3.8, 4) is 0 Å². The normalized spacial score (nSPS) is 13.0. The van der Waals surface area contributed by atoms with Crippen LogP contribution in [0.15, 0.2) is 53.7 Å². The standard InChI is InChI=1S/C21H25N7O3/c1-14(16-12-9-13-17(22-16)28(20(29)30)21(2,3)4)31-24-18(15-10-7-6-8-11-15)19-23-25-26-27(19)5/h6-14H,1-5H3,(H,29,30)/b24-18-. The number of pyridine rings is 1. The maximum atomic E-state index is 11.8. The molecule has 0 saturated carbocycles. The second-order valence-corrected chi connectivity index (χ2v) is 7.89. The molecule has 0 spiro atoms. The van der Waals surface area contributed by atoms with Crippen molar-refractivity contribution in [2.75, 3.05) is 4.90 Å². The summed E-state index contributed by atoms with van der Waals surface area (Å²) in [5.74, 6) is 0.766. The minimum Gasteiger partial charge on any atom is -0.465 e. The van der Waals surface area contributed by atoms with E-state index in [0.29, 0.717) is 23.0 Å². The number of carboxylic acid groups (broad SMARTS) is 1. The lowest BCUT2D eigenvalue weighted by molar-refractivity contribution is 0.0694. The van der Waals surface area contributed by atoms with Crippen LogP contribution in [0.1, 0.15) is 50.9 Å². The zero-order valence-electron chi connectivity index (χ0n) is 18.1. The van der Waals surface area contributed by atoms with Gasteiger partial charge in [-0.25, -0.2) is 14.5 Å². The SMILES string of the molecule is CC(O/N=C(/c1ccccc1)c1nnnn1C)c1cccc(N(C(=O)O)C(C)(C)C)n1. The predicted octanol–water partition coefficient (Wildman–Crippen LogP) is 3.42. The highest BCUT2D eigenvalue weighted by atomic mass is 16.6. The molecule has 0 bridgehead atoms. The smallest absolute Gasteiger partial charge is 0.413 e. The van der Waals surface area contributed by atoms with Crippen molar-refractivity contribution < 1.29 is 14.7 Å². The summed E-state index contributed by atoms with van der Waals surface area (Å²) in [5.41, 5.74) is 1.15. The molecule has 1 atom stereocenters. The third-order valence-corrected chi connectivity index (χ3v) is 4.44. The van der Waals surface area contributed by atoms with Crippen molar-refractivity contribution in [2.45, 2.75) is 39.3 Å². The summed E-state index contributed by atoms with van der Waals surface area (Å²) in [6.07, 6.45) is -1.62. The van der Waals surface area contributed by atoms with Gasteiger partial charge in [0.25, 0.3) is 0 Å². The Labute approximate surface area is 180 Å². The number of nitrogens with zero attached hydrogens (tertiary/aromatic N) is 7. The second kappa shape index (κ2) is 8.90. The molecule has 0 saturated heterocycles. The fraction of sp³-hybridized carbons (Fsp3) is 0.333. The van der Waals surface area contributed by atoms with E-state index in [2.05, 4.69) is 25.7 Å². The molecular formula is C21H25N7O3. The number of aromatic nitrogens is 5. The molecule has 10 heteroatoms. The Bertz CT molecular complexity index is 1070.